The van der Waals surface area contributed by atoms with Crippen molar-refractivity contribution in [2.45, 2.75) is 58.4 Å². The van der Waals surface area contributed by atoms with Crippen LogP contribution in [0.2, 0.25) is 0 Å². The molecule has 132 valence electrons. The van der Waals surface area contributed by atoms with Gasteiger partial charge in [-0.1, -0.05) is 44.9 Å². The third kappa shape index (κ3) is 4.16. The first-order valence-corrected chi connectivity index (χ1v) is 9.05. The predicted molar refractivity (Wildman–Crippen MR) is 100 cm³/mol. The van der Waals surface area contributed by atoms with Crippen molar-refractivity contribution >= 4 is 17.5 Å². The lowest BCUT2D eigenvalue weighted by molar-refractivity contribution is 0.0933. The molecule has 0 bridgehead atoms. The van der Waals surface area contributed by atoms with Crippen molar-refractivity contribution < 1.29 is 4.79 Å². The number of aromatic nitrogens is 2. The molecular weight excluding hydrogens is 312 g/mol. The van der Waals surface area contributed by atoms with E-state index in [0.717, 1.165) is 24.1 Å². The van der Waals surface area contributed by atoms with E-state index >= 15 is 0 Å². The van der Waals surface area contributed by atoms with Crippen LogP contribution in [-0.2, 0) is 0 Å². The van der Waals surface area contributed by atoms with Crippen LogP contribution in [0.4, 0.5) is 11.6 Å². The molecule has 1 aromatic heterocycles. The Kier molecular flexibility index (Phi) is 5.31. The summed E-state index contributed by atoms with van der Waals surface area (Å²) >= 11 is 0. The number of aryl methyl sites for hydroxylation is 1. The fourth-order valence-electron chi connectivity index (χ4n) is 3.33. The molecule has 0 radical (unpaired) electrons. The normalized spacial score (nSPS) is 14.7. The van der Waals surface area contributed by atoms with E-state index in [2.05, 4.69) is 59.6 Å². The van der Waals surface area contributed by atoms with Gasteiger partial charge in [-0.15, -0.1) is 0 Å². The highest BCUT2D eigenvalue weighted by molar-refractivity contribution is 5.92. The van der Waals surface area contributed by atoms with Gasteiger partial charge in [0.25, 0.3) is 5.91 Å². The van der Waals surface area contributed by atoms with E-state index in [1.54, 1.807) is 12.3 Å². The van der Waals surface area contributed by atoms with Gasteiger partial charge < -0.3 is 10.6 Å². The standard InChI is InChI=1S/C20H26N4O/c1-13(2)16-10-6-7-14(3)18(16)24-20-21-12-11-17(23-20)19(25)22-15-8-4-5-9-15/h6-7,10-13,15H,4-5,8-9H2,1-3H3,(H,22,25)(H,21,23,24). The van der Waals surface area contributed by atoms with Gasteiger partial charge >= 0.3 is 0 Å². The highest BCUT2D eigenvalue weighted by Crippen LogP contribution is 2.29. The number of benzene rings is 1. The first-order valence-electron chi connectivity index (χ1n) is 9.05. The summed E-state index contributed by atoms with van der Waals surface area (Å²) in [5.74, 6) is 0.720. The number of hydrogen-bond acceptors (Lipinski definition) is 4. The number of nitrogens with one attached hydrogen (secondary N) is 2. The number of carbonyl (C=O) groups is 1. The molecule has 0 unspecified atom stereocenters. The summed E-state index contributed by atoms with van der Waals surface area (Å²) in [5.41, 5.74) is 3.77. The maximum absolute atomic E-state index is 12.4. The molecule has 1 aliphatic carbocycles. The lowest BCUT2D eigenvalue weighted by Crippen LogP contribution is -2.33. The third-order valence-electron chi connectivity index (χ3n) is 4.74. The summed E-state index contributed by atoms with van der Waals surface area (Å²) in [7, 11) is 0. The molecule has 1 fully saturated rings. The fourth-order valence-corrected chi connectivity index (χ4v) is 3.33. The van der Waals surface area contributed by atoms with Gasteiger partial charge in [0.1, 0.15) is 5.69 Å². The largest absolute Gasteiger partial charge is 0.348 e. The van der Waals surface area contributed by atoms with Crippen LogP contribution in [0.5, 0.6) is 0 Å². The van der Waals surface area contributed by atoms with Crippen LogP contribution in [-0.4, -0.2) is 21.9 Å². The van der Waals surface area contributed by atoms with Gasteiger partial charge in [0.05, 0.1) is 0 Å². The molecule has 0 spiro atoms. The van der Waals surface area contributed by atoms with E-state index in [1.165, 1.54) is 18.4 Å². The Hall–Kier alpha value is -2.43. The zero-order valence-corrected chi connectivity index (χ0v) is 15.2. The average Bonchev–Trinajstić information content (AvgIpc) is 3.09. The maximum atomic E-state index is 12.4. The molecule has 2 N–H and O–H groups in total. The van der Waals surface area contributed by atoms with Gasteiger partial charge in [0.2, 0.25) is 5.95 Å². The monoisotopic (exact) mass is 338 g/mol. The maximum Gasteiger partial charge on any atom is 0.270 e. The summed E-state index contributed by atoms with van der Waals surface area (Å²) < 4.78 is 0. The Labute approximate surface area is 149 Å². The number of rotatable bonds is 5. The minimum atomic E-state index is -0.119. The van der Waals surface area contributed by atoms with Crippen LogP contribution in [0, 0.1) is 6.92 Å². The van der Waals surface area contributed by atoms with E-state index in [1.807, 2.05) is 0 Å². The molecule has 0 atom stereocenters. The SMILES string of the molecule is Cc1cccc(C(C)C)c1Nc1nccc(C(=O)NC2CCCC2)n1. The number of hydrogen-bond donors (Lipinski definition) is 2. The Morgan fingerprint density at radius 2 is 1.96 bits per heavy atom. The van der Waals surface area contributed by atoms with Crippen LogP contribution >= 0.6 is 0 Å². The smallest absolute Gasteiger partial charge is 0.270 e. The quantitative estimate of drug-likeness (QED) is 0.852. The van der Waals surface area contributed by atoms with Gasteiger partial charge in [0, 0.05) is 17.9 Å². The molecule has 5 nitrogen and oxygen atoms in total. The van der Waals surface area contributed by atoms with Crippen LogP contribution < -0.4 is 10.6 Å². The van der Waals surface area contributed by atoms with Crippen molar-refractivity contribution in [1.29, 1.82) is 0 Å². The summed E-state index contributed by atoms with van der Waals surface area (Å²) in [5, 5.41) is 6.38. The van der Waals surface area contributed by atoms with Crippen molar-refractivity contribution in [2.24, 2.45) is 0 Å². The van der Waals surface area contributed by atoms with Crippen molar-refractivity contribution in [1.82, 2.24) is 15.3 Å². The van der Waals surface area contributed by atoms with Gasteiger partial charge in [0.15, 0.2) is 0 Å². The van der Waals surface area contributed by atoms with Crippen LogP contribution in [0.15, 0.2) is 30.5 Å². The first-order chi connectivity index (χ1) is 12.0. The molecule has 1 heterocycles. The predicted octanol–water partition coefficient (Wildman–Crippen LogP) is 4.32. The first kappa shape index (κ1) is 17.4. The Morgan fingerprint density at radius 1 is 1.20 bits per heavy atom. The number of amides is 1. The third-order valence-corrected chi connectivity index (χ3v) is 4.74. The van der Waals surface area contributed by atoms with Gasteiger partial charge in [-0.2, -0.15) is 0 Å². The highest BCUT2D eigenvalue weighted by atomic mass is 16.1. The molecule has 5 heteroatoms. The fraction of sp³-hybridized carbons (Fsp3) is 0.450. The van der Waals surface area contributed by atoms with Crippen molar-refractivity contribution in [3.63, 3.8) is 0 Å². The van der Waals surface area contributed by atoms with E-state index in [9.17, 15) is 4.79 Å². The van der Waals surface area contributed by atoms with Gasteiger partial charge in [-0.25, -0.2) is 9.97 Å². The van der Waals surface area contributed by atoms with E-state index in [-0.39, 0.29) is 11.9 Å². The van der Waals surface area contributed by atoms with Gasteiger partial charge in [-0.05, 0) is 42.9 Å². The van der Waals surface area contributed by atoms with E-state index in [0.29, 0.717) is 17.6 Å². The molecule has 25 heavy (non-hydrogen) atoms. The summed E-state index contributed by atoms with van der Waals surface area (Å²) in [6, 6.07) is 8.17. The average molecular weight is 338 g/mol. The Balaban J connectivity index is 1.79. The molecule has 2 aromatic rings. The number of nitrogens with zero attached hydrogens (tertiary/aromatic N) is 2. The van der Waals surface area contributed by atoms with Crippen molar-refractivity contribution in [3.8, 4) is 0 Å². The summed E-state index contributed by atoms with van der Waals surface area (Å²) in [6.45, 7) is 6.38. The molecule has 1 aromatic carbocycles. The minimum absolute atomic E-state index is 0.119. The molecule has 1 aliphatic rings. The zero-order valence-electron chi connectivity index (χ0n) is 15.2. The van der Waals surface area contributed by atoms with Crippen molar-refractivity contribution in [3.05, 3.63) is 47.3 Å². The van der Waals surface area contributed by atoms with Crippen LogP contribution in [0.3, 0.4) is 0 Å². The van der Waals surface area contributed by atoms with Crippen LogP contribution in [0.25, 0.3) is 0 Å². The molecule has 3 rings (SSSR count). The zero-order chi connectivity index (χ0) is 17.8. The minimum Gasteiger partial charge on any atom is -0.348 e. The highest BCUT2D eigenvalue weighted by Gasteiger charge is 2.19. The number of anilines is 2. The Morgan fingerprint density at radius 3 is 2.68 bits per heavy atom. The molecular formula is C20H26N4O. The summed E-state index contributed by atoms with van der Waals surface area (Å²) in [4.78, 5) is 21.1. The Bertz CT molecular complexity index is 751. The number of carbonyl (C=O) groups excluding carboxylic acids is 1. The molecule has 1 saturated carbocycles. The second-order valence-electron chi connectivity index (χ2n) is 7.04. The molecule has 0 aliphatic heterocycles. The van der Waals surface area contributed by atoms with E-state index in [4.69, 9.17) is 0 Å². The number of para-hydroxylation sites is 1. The topological polar surface area (TPSA) is 66.9 Å². The lowest BCUT2D eigenvalue weighted by Gasteiger charge is -2.17. The van der Waals surface area contributed by atoms with Crippen LogP contribution in [0.1, 0.15) is 67.1 Å². The van der Waals surface area contributed by atoms with Gasteiger partial charge in [-0.3, -0.25) is 4.79 Å². The second kappa shape index (κ2) is 7.64. The molecule has 0 saturated heterocycles. The second-order valence-corrected chi connectivity index (χ2v) is 7.04. The lowest BCUT2D eigenvalue weighted by atomic mass is 9.98. The van der Waals surface area contributed by atoms with E-state index < -0.39 is 0 Å². The molecule has 1 amide bonds. The summed E-state index contributed by atoms with van der Waals surface area (Å²) in [6.07, 6.45) is 6.12. The van der Waals surface area contributed by atoms with Crippen molar-refractivity contribution in [2.75, 3.05) is 5.32 Å².